The van der Waals surface area contributed by atoms with Crippen molar-refractivity contribution < 1.29 is 9.84 Å². The maximum Gasteiger partial charge on any atom is 0.258 e. The van der Waals surface area contributed by atoms with Crippen LogP contribution in [0, 0.1) is 3.57 Å². The van der Waals surface area contributed by atoms with E-state index in [1.165, 1.54) is 18.4 Å². The van der Waals surface area contributed by atoms with Gasteiger partial charge >= 0.3 is 0 Å². The van der Waals surface area contributed by atoms with Gasteiger partial charge in [-0.3, -0.25) is 19.7 Å². The average molecular weight is 531 g/mol. The van der Waals surface area contributed by atoms with Crippen LogP contribution in [0.15, 0.2) is 52.3 Å². The van der Waals surface area contributed by atoms with Crippen LogP contribution in [-0.4, -0.2) is 47.0 Å². The van der Waals surface area contributed by atoms with Crippen LogP contribution in [0.2, 0.25) is 0 Å². The van der Waals surface area contributed by atoms with Gasteiger partial charge in [-0.2, -0.15) is 0 Å². The Hall–Kier alpha value is -2.23. The number of nitrogens with one attached hydrogen (secondary N) is 1. The second-order valence-corrected chi connectivity index (χ2v) is 9.20. The number of aromatic hydroxyl groups is 1. The van der Waals surface area contributed by atoms with E-state index >= 15 is 0 Å². The molecule has 2 heterocycles. The number of halogens is 1. The third kappa shape index (κ3) is 4.83. The largest absolute Gasteiger partial charge is 0.494 e. The smallest absolute Gasteiger partial charge is 0.258 e. The van der Waals surface area contributed by atoms with Crippen molar-refractivity contribution in [3.05, 3.63) is 67.5 Å². The predicted molar refractivity (Wildman–Crippen MR) is 133 cm³/mol. The number of likely N-dealkylation sites (tertiary alicyclic amines) is 1. The number of methoxy groups -OCH3 is 1. The SMILES string of the molecule is CO[C@@H](C)C1CCCN1Cc1ccc(N=Cc2c(O)[nH]c(=O)c3ccc(I)cc23)cc1. The number of hydrogen-bond donors (Lipinski definition) is 2. The van der Waals surface area contributed by atoms with E-state index in [0.717, 1.165) is 22.3 Å². The Morgan fingerprint density at radius 3 is 2.81 bits per heavy atom. The first kappa shape index (κ1) is 22.0. The van der Waals surface area contributed by atoms with Gasteiger partial charge in [0.1, 0.15) is 0 Å². The molecule has 2 atom stereocenters. The van der Waals surface area contributed by atoms with Crippen molar-refractivity contribution in [3.8, 4) is 5.88 Å². The van der Waals surface area contributed by atoms with E-state index in [1.807, 2.05) is 24.3 Å². The van der Waals surface area contributed by atoms with Gasteiger partial charge < -0.3 is 9.84 Å². The van der Waals surface area contributed by atoms with Crippen LogP contribution >= 0.6 is 22.6 Å². The number of nitrogens with zero attached hydrogens (tertiary/aromatic N) is 2. The van der Waals surface area contributed by atoms with Crippen LogP contribution < -0.4 is 5.56 Å². The lowest BCUT2D eigenvalue weighted by Crippen LogP contribution is -2.37. The zero-order valence-electron chi connectivity index (χ0n) is 17.6. The van der Waals surface area contributed by atoms with E-state index in [4.69, 9.17) is 4.74 Å². The molecule has 0 spiro atoms. The molecule has 0 saturated carbocycles. The molecule has 31 heavy (non-hydrogen) atoms. The molecular weight excluding hydrogens is 505 g/mol. The number of H-pyrrole nitrogens is 1. The molecule has 1 unspecified atom stereocenters. The molecule has 1 saturated heterocycles. The highest BCUT2D eigenvalue weighted by atomic mass is 127. The van der Waals surface area contributed by atoms with Gasteiger partial charge in [0.2, 0.25) is 5.88 Å². The van der Waals surface area contributed by atoms with Gasteiger partial charge in [-0.15, -0.1) is 0 Å². The van der Waals surface area contributed by atoms with Crippen LogP contribution in [-0.2, 0) is 11.3 Å². The summed E-state index contributed by atoms with van der Waals surface area (Å²) in [6.45, 7) is 4.12. The van der Waals surface area contributed by atoms with Gasteiger partial charge in [0.05, 0.1) is 17.4 Å². The summed E-state index contributed by atoms with van der Waals surface area (Å²) in [6, 6.07) is 14.1. The quantitative estimate of drug-likeness (QED) is 0.361. The molecule has 6 nitrogen and oxygen atoms in total. The van der Waals surface area contributed by atoms with Gasteiger partial charge in [-0.1, -0.05) is 12.1 Å². The van der Waals surface area contributed by atoms with E-state index in [0.29, 0.717) is 22.4 Å². The molecule has 162 valence electrons. The highest BCUT2D eigenvalue weighted by molar-refractivity contribution is 14.1. The number of ether oxygens (including phenoxy) is 1. The lowest BCUT2D eigenvalue weighted by molar-refractivity contribution is 0.0411. The monoisotopic (exact) mass is 531 g/mol. The molecule has 1 aliphatic rings. The Bertz CT molecular complexity index is 1160. The number of rotatable bonds is 6. The molecule has 0 aliphatic carbocycles. The van der Waals surface area contributed by atoms with Crippen molar-refractivity contribution in [2.45, 2.75) is 38.5 Å². The van der Waals surface area contributed by atoms with Crippen LogP contribution in [0.5, 0.6) is 5.88 Å². The van der Waals surface area contributed by atoms with Crippen molar-refractivity contribution in [1.29, 1.82) is 0 Å². The zero-order valence-corrected chi connectivity index (χ0v) is 19.8. The summed E-state index contributed by atoms with van der Waals surface area (Å²) in [7, 11) is 1.78. The third-order valence-electron chi connectivity index (χ3n) is 6.00. The molecule has 2 N–H and O–H groups in total. The summed E-state index contributed by atoms with van der Waals surface area (Å²) in [5.41, 5.74) is 2.22. The van der Waals surface area contributed by atoms with Gasteiger partial charge in [-0.25, -0.2) is 0 Å². The Kier molecular flexibility index (Phi) is 6.74. The fraction of sp³-hybridized carbons (Fsp3) is 0.333. The summed E-state index contributed by atoms with van der Waals surface area (Å²) in [4.78, 5) is 21.6. The van der Waals surface area contributed by atoms with Crippen molar-refractivity contribution in [2.75, 3.05) is 13.7 Å². The number of fused-ring (bicyclic) bond motifs is 1. The van der Waals surface area contributed by atoms with E-state index in [2.05, 4.69) is 56.5 Å². The number of aromatic nitrogens is 1. The number of pyridine rings is 1. The highest BCUT2D eigenvalue weighted by Crippen LogP contribution is 2.26. The molecule has 3 aromatic rings. The predicted octanol–water partition coefficient (Wildman–Crippen LogP) is 4.59. The molecule has 7 heteroatoms. The van der Waals surface area contributed by atoms with E-state index in [9.17, 15) is 9.90 Å². The van der Waals surface area contributed by atoms with E-state index < -0.39 is 0 Å². The third-order valence-corrected chi connectivity index (χ3v) is 6.67. The Labute approximate surface area is 195 Å². The fourth-order valence-electron chi connectivity index (χ4n) is 4.24. The zero-order chi connectivity index (χ0) is 22.0. The Morgan fingerprint density at radius 1 is 1.29 bits per heavy atom. The molecule has 0 radical (unpaired) electrons. The van der Waals surface area contributed by atoms with Crippen LogP contribution in [0.25, 0.3) is 10.8 Å². The van der Waals surface area contributed by atoms with Crippen LogP contribution in [0.1, 0.15) is 30.9 Å². The summed E-state index contributed by atoms with van der Waals surface area (Å²) in [5.74, 6) is -0.174. The minimum absolute atomic E-state index is 0.174. The molecule has 0 amide bonds. The lowest BCUT2D eigenvalue weighted by atomic mass is 10.1. The summed E-state index contributed by atoms with van der Waals surface area (Å²) in [6.07, 6.45) is 4.22. The normalized spacial score (nSPS) is 18.2. The van der Waals surface area contributed by atoms with Gasteiger partial charge in [0, 0.05) is 40.3 Å². The number of aromatic amines is 1. The van der Waals surface area contributed by atoms with Gasteiger partial charge in [0.15, 0.2) is 0 Å². The van der Waals surface area contributed by atoms with Crippen LogP contribution in [0.3, 0.4) is 0 Å². The maximum absolute atomic E-state index is 12.1. The minimum Gasteiger partial charge on any atom is -0.494 e. The summed E-state index contributed by atoms with van der Waals surface area (Å²) < 4.78 is 6.53. The Balaban J connectivity index is 1.54. The lowest BCUT2D eigenvalue weighted by Gasteiger charge is -2.28. The molecule has 1 aliphatic heterocycles. The fourth-order valence-corrected chi connectivity index (χ4v) is 4.73. The van der Waals surface area contributed by atoms with E-state index in [-0.39, 0.29) is 17.5 Å². The van der Waals surface area contributed by atoms with Crippen molar-refractivity contribution in [2.24, 2.45) is 4.99 Å². The molecule has 2 aromatic carbocycles. The average Bonchev–Trinajstić information content (AvgIpc) is 3.22. The molecule has 1 aromatic heterocycles. The van der Waals surface area contributed by atoms with Crippen molar-refractivity contribution in [1.82, 2.24) is 9.88 Å². The number of aliphatic imine (C=N–C) groups is 1. The number of hydrogen-bond acceptors (Lipinski definition) is 5. The van der Waals surface area contributed by atoms with Crippen molar-refractivity contribution >= 4 is 45.3 Å². The van der Waals surface area contributed by atoms with Crippen LogP contribution in [0.4, 0.5) is 5.69 Å². The first-order valence-electron chi connectivity index (χ1n) is 10.4. The molecule has 4 rings (SSSR count). The topological polar surface area (TPSA) is 77.9 Å². The first-order chi connectivity index (χ1) is 15.0. The van der Waals surface area contributed by atoms with Crippen molar-refractivity contribution in [3.63, 3.8) is 0 Å². The van der Waals surface area contributed by atoms with Gasteiger partial charge in [0.25, 0.3) is 5.56 Å². The Morgan fingerprint density at radius 2 is 2.06 bits per heavy atom. The standard InChI is InChI=1S/C24H26IN3O3/c1-15(31-2)22-4-3-11-28(22)14-16-5-8-18(9-6-16)26-13-21-20-12-17(25)7-10-19(20)23(29)27-24(21)30/h5-10,12-13,15,22H,3-4,11,14H2,1-2H3,(H2,27,29,30)/t15-,22?/m0/s1. The first-order valence-corrected chi connectivity index (χ1v) is 11.5. The molecule has 1 fully saturated rings. The second-order valence-electron chi connectivity index (χ2n) is 7.95. The minimum atomic E-state index is -0.312. The number of benzene rings is 2. The van der Waals surface area contributed by atoms with Gasteiger partial charge in [-0.05, 0) is 84.8 Å². The van der Waals surface area contributed by atoms with E-state index in [1.54, 1.807) is 19.4 Å². The molecular formula is C24H26IN3O3. The second kappa shape index (κ2) is 9.50. The highest BCUT2D eigenvalue weighted by Gasteiger charge is 2.29. The maximum atomic E-state index is 12.1. The summed E-state index contributed by atoms with van der Waals surface area (Å²) >= 11 is 2.19. The molecule has 0 bridgehead atoms. The summed E-state index contributed by atoms with van der Waals surface area (Å²) in [5, 5.41) is 11.5.